The van der Waals surface area contributed by atoms with E-state index in [9.17, 15) is 0 Å². The van der Waals surface area contributed by atoms with Crippen molar-refractivity contribution in [3.63, 3.8) is 0 Å². The molecule has 1 aromatic carbocycles. The Hall–Kier alpha value is -0.890. The second-order valence-electron chi connectivity index (χ2n) is 3.77. The fourth-order valence-corrected chi connectivity index (χ4v) is 1.33. The van der Waals surface area contributed by atoms with Gasteiger partial charge in [0.2, 0.25) is 0 Å². The lowest BCUT2D eigenvalue weighted by molar-refractivity contribution is 0.617. The molecule has 0 aliphatic carbocycles. The minimum atomic E-state index is 0.964. The van der Waals surface area contributed by atoms with E-state index >= 15 is 0 Å². The Morgan fingerprint density at radius 1 is 1.21 bits per heavy atom. The fourth-order valence-electron chi connectivity index (χ4n) is 1.23. The maximum absolute atomic E-state index is 5.23. The number of nitrogens with zero attached hydrogens (tertiary/aromatic N) is 1. The van der Waals surface area contributed by atoms with E-state index < -0.39 is 0 Å². The van der Waals surface area contributed by atoms with Crippen LogP contribution < -0.4 is 0 Å². The summed E-state index contributed by atoms with van der Waals surface area (Å²) in [6, 6.07) is 8.64. The number of thiocarbonyl (C=S) groups is 1. The molecule has 0 aromatic heterocycles. The first-order valence-electron chi connectivity index (χ1n) is 4.85. The molecule has 0 N–H and O–H groups in total. The summed E-state index contributed by atoms with van der Waals surface area (Å²) in [6.45, 7) is 2.11. The van der Waals surface area contributed by atoms with Gasteiger partial charge in [0.25, 0.3) is 0 Å². The molecule has 0 radical (unpaired) electrons. The van der Waals surface area contributed by atoms with Crippen molar-refractivity contribution in [3.05, 3.63) is 35.4 Å². The quantitative estimate of drug-likeness (QED) is 0.701. The monoisotopic (exact) mass is 207 g/mol. The number of hydrogen-bond acceptors (Lipinski definition) is 1. The van der Waals surface area contributed by atoms with Crippen molar-refractivity contribution >= 4 is 17.2 Å². The Kier molecular flexibility index (Phi) is 4.08. The third-order valence-electron chi connectivity index (χ3n) is 2.25. The minimum absolute atomic E-state index is 0.964. The summed E-state index contributed by atoms with van der Waals surface area (Å²) in [5.41, 5.74) is 2.67. The highest BCUT2D eigenvalue weighted by atomic mass is 32.1. The first kappa shape index (κ1) is 11.2. The molecule has 0 aliphatic heterocycles. The zero-order valence-corrected chi connectivity index (χ0v) is 9.90. The predicted molar refractivity (Wildman–Crippen MR) is 65.8 cm³/mol. The van der Waals surface area contributed by atoms with E-state index in [0.29, 0.717) is 0 Å². The summed E-state index contributed by atoms with van der Waals surface area (Å²) in [5.74, 6) is 0. The van der Waals surface area contributed by atoms with Gasteiger partial charge in [-0.1, -0.05) is 42.0 Å². The minimum Gasteiger partial charge on any atom is -0.372 e. The van der Waals surface area contributed by atoms with Gasteiger partial charge in [0.05, 0.1) is 4.99 Å². The van der Waals surface area contributed by atoms with Crippen molar-refractivity contribution in [1.82, 2.24) is 4.90 Å². The van der Waals surface area contributed by atoms with Gasteiger partial charge in [0.15, 0.2) is 0 Å². The Morgan fingerprint density at radius 3 is 2.29 bits per heavy atom. The van der Waals surface area contributed by atoms with Crippen LogP contribution in [0.15, 0.2) is 24.3 Å². The molecule has 0 atom stereocenters. The van der Waals surface area contributed by atoms with E-state index in [1.165, 1.54) is 11.1 Å². The highest BCUT2D eigenvalue weighted by Gasteiger charge is 1.99. The Balaban J connectivity index is 2.46. The molecule has 0 unspecified atom stereocenters. The smallest absolute Gasteiger partial charge is 0.0777 e. The molecule has 0 bridgehead atoms. The fraction of sp³-hybridized carbons (Fsp3) is 0.417. The van der Waals surface area contributed by atoms with Crippen LogP contribution in [0.1, 0.15) is 17.5 Å². The second kappa shape index (κ2) is 5.11. The van der Waals surface area contributed by atoms with Crippen molar-refractivity contribution in [2.24, 2.45) is 0 Å². The molecule has 76 valence electrons. The summed E-state index contributed by atoms with van der Waals surface area (Å²) in [7, 11) is 3.99. The molecule has 0 saturated heterocycles. The lowest BCUT2D eigenvalue weighted by Crippen LogP contribution is -2.19. The van der Waals surface area contributed by atoms with Gasteiger partial charge in [-0.25, -0.2) is 0 Å². The lowest BCUT2D eigenvalue weighted by atomic mass is 10.1. The summed E-state index contributed by atoms with van der Waals surface area (Å²) in [4.78, 5) is 3.02. The summed E-state index contributed by atoms with van der Waals surface area (Å²) < 4.78 is 0. The van der Waals surface area contributed by atoms with Crippen LogP contribution in [-0.4, -0.2) is 24.0 Å². The van der Waals surface area contributed by atoms with Crippen molar-refractivity contribution < 1.29 is 0 Å². The maximum Gasteiger partial charge on any atom is 0.0777 e. The van der Waals surface area contributed by atoms with Crippen LogP contribution >= 0.6 is 12.2 Å². The molecule has 1 nitrogen and oxygen atoms in total. The van der Waals surface area contributed by atoms with Crippen LogP contribution in [0.4, 0.5) is 0 Å². The van der Waals surface area contributed by atoms with E-state index in [-0.39, 0.29) is 0 Å². The molecule has 0 spiro atoms. The van der Waals surface area contributed by atoms with Crippen LogP contribution in [0, 0.1) is 6.92 Å². The van der Waals surface area contributed by atoms with Gasteiger partial charge >= 0.3 is 0 Å². The first-order chi connectivity index (χ1) is 6.59. The normalized spacial score (nSPS) is 9.93. The second-order valence-corrected chi connectivity index (χ2v) is 4.25. The Morgan fingerprint density at radius 2 is 1.79 bits per heavy atom. The number of benzene rings is 1. The molecule has 2 heteroatoms. The predicted octanol–water partition coefficient (Wildman–Crippen LogP) is 2.82. The Bertz CT molecular complexity index is 301. The summed E-state index contributed by atoms with van der Waals surface area (Å²) in [6.07, 6.45) is 2.00. The van der Waals surface area contributed by atoms with Gasteiger partial charge in [-0.3, -0.25) is 0 Å². The maximum atomic E-state index is 5.23. The van der Waals surface area contributed by atoms with E-state index in [2.05, 4.69) is 31.2 Å². The van der Waals surface area contributed by atoms with E-state index in [1.54, 1.807) is 0 Å². The average molecular weight is 207 g/mol. The molecule has 0 saturated carbocycles. The Labute approximate surface area is 91.7 Å². The van der Waals surface area contributed by atoms with Gasteiger partial charge in [-0.15, -0.1) is 0 Å². The molecule has 1 rings (SSSR count). The largest absolute Gasteiger partial charge is 0.372 e. The van der Waals surface area contributed by atoms with Gasteiger partial charge < -0.3 is 4.90 Å². The lowest BCUT2D eigenvalue weighted by Gasteiger charge is -2.13. The summed E-state index contributed by atoms with van der Waals surface area (Å²) in [5, 5.41) is 0. The van der Waals surface area contributed by atoms with Crippen LogP contribution in [0.2, 0.25) is 0 Å². The van der Waals surface area contributed by atoms with Gasteiger partial charge in [-0.05, 0) is 18.9 Å². The molecule has 0 amide bonds. The van der Waals surface area contributed by atoms with Gasteiger partial charge in [0.1, 0.15) is 0 Å². The van der Waals surface area contributed by atoms with Crippen molar-refractivity contribution in [1.29, 1.82) is 0 Å². The topological polar surface area (TPSA) is 3.24 Å². The SMILES string of the molecule is Cc1ccc(CCC(=S)N(C)C)cc1. The van der Waals surface area contributed by atoms with Crippen LogP contribution in [-0.2, 0) is 6.42 Å². The van der Waals surface area contributed by atoms with E-state index in [0.717, 1.165) is 17.8 Å². The van der Waals surface area contributed by atoms with E-state index in [4.69, 9.17) is 12.2 Å². The van der Waals surface area contributed by atoms with Crippen LogP contribution in [0.5, 0.6) is 0 Å². The molecule has 0 heterocycles. The first-order valence-corrected chi connectivity index (χ1v) is 5.26. The van der Waals surface area contributed by atoms with E-state index in [1.807, 2.05) is 19.0 Å². The average Bonchev–Trinajstić information content (AvgIpc) is 2.16. The number of rotatable bonds is 3. The zero-order chi connectivity index (χ0) is 10.6. The summed E-state index contributed by atoms with van der Waals surface area (Å²) >= 11 is 5.23. The number of aryl methyl sites for hydroxylation is 2. The van der Waals surface area contributed by atoms with Crippen molar-refractivity contribution in [3.8, 4) is 0 Å². The standard InChI is InChI=1S/C12H17NS/c1-10-4-6-11(7-5-10)8-9-12(14)13(2)3/h4-7H,8-9H2,1-3H3. The van der Waals surface area contributed by atoms with Crippen molar-refractivity contribution in [2.45, 2.75) is 19.8 Å². The highest BCUT2D eigenvalue weighted by Crippen LogP contribution is 2.06. The van der Waals surface area contributed by atoms with Gasteiger partial charge in [0, 0.05) is 20.5 Å². The third kappa shape index (κ3) is 3.46. The third-order valence-corrected chi connectivity index (χ3v) is 2.82. The van der Waals surface area contributed by atoms with Crippen LogP contribution in [0.25, 0.3) is 0 Å². The number of hydrogen-bond donors (Lipinski definition) is 0. The molecule has 1 aromatic rings. The van der Waals surface area contributed by atoms with Crippen molar-refractivity contribution in [2.75, 3.05) is 14.1 Å². The van der Waals surface area contributed by atoms with Gasteiger partial charge in [-0.2, -0.15) is 0 Å². The molecule has 14 heavy (non-hydrogen) atoms. The zero-order valence-electron chi connectivity index (χ0n) is 9.08. The molecular weight excluding hydrogens is 190 g/mol. The highest BCUT2D eigenvalue weighted by molar-refractivity contribution is 7.80. The molecule has 0 fully saturated rings. The molecule has 0 aliphatic rings. The molecular formula is C12H17NS. The van der Waals surface area contributed by atoms with Crippen LogP contribution in [0.3, 0.4) is 0 Å².